The first-order chi connectivity index (χ1) is 12.6. The van der Waals surface area contributed by atoms with Crippen molar-refractivity contribution in [3.05, 3.63) is 47.5 Å². The SMILES string of the molecule is O=C(NCc1nnc(-c2ccnc3c2CCN3)o1)c1ccc(O)cc1O. The molecule has 1 aliphatic heterocycles. The van der Waals surface area contributed by atoms with E-state index >= 15 is 0 Å². The number of phenols is 2. The van der Waals surface area contributed by atoms with Crippen LogP contribution in [0.1, 0.15) is 21.8 Å². The highest BCUT2D eigenvalue weighted by Crippen LogP contribution is 2.30. The van der Waals surface area contributed by atoms with Crippen LogP contribution >= 0.6 is 0 Å². The molecule has 2 aromatic heterocycles. The Kier molecular flexibility index (Phi) is 3.88. The van der Waals surface area contributed by atoms with Gasteiger partial charge in [-0.1, -0.05) is 0 Å². The molecule has 132 valence electrons. The quantitative estimate of drug-likeness (QED) is 0.554. The Balaban J connectivity index is 1.48. The molecule has 0 atom stereocenters. The number of fused-ring (bicyclic) bond motifs is 1. The summed E-state index contributed by atoms with van der Waals surface area (Å²) in [6.07, 6.45) is 2.50. The molecule has 9 heteroatoms. The van der Waals surface area contributed by atoms with Gasteiger partial charge < -0.3 is 25.3 Å². The van der Waals surface area contributed by atoms with Crippen molar-refractivity contribution in [3.8, 4) is 23.0 Å². The van der Waals surface area contributed by atoms with E-state index in [9.17, 15) is 15.0 Å². The molecule has 9 nitrogen and oxygen atoms in total. The van der Waals surface area contributed by atoms with Crippen molar-refractivity contribution in [1.82, 2.24) is 20.5 Å². The molecule has 0 aliphatic carbocycles. The van der Waals surface area contributed by atoms with Crippen molar-refractivity contribution in [2.24, 2.45) is 0 Å². The molecular weight excluding hydrogens is 338 g/mol. The number of amides is 1. The van der Waals surface area contributed by atoms with E-state index in [4.69, 9.17) is 4.42 Å². The average molecular weight is 353 g/mol. The summed E-state index contributed by atoms with van der Waals surface area (Å²) in [5.41, 5.74) is 1.89. The maximum atomic E-state index is 12.1. The fourth-order valence-electron chi connectivity index (χ4n) is 2.80. The first kappa shape index (κ1) is 15.9. The van der Waals surface area contributed by atoms with Crippen LogP contribution in [0.2, 0.25) is 0 Å². The van der Waals surface area contributed by atoms with Gasteiger partial charge in [0.25, 0.3) is 5.91 Å². The highest BCUT2D eigenvalue weighted by Gasteiger charge is 2.20. The van der Waals surface area contributed by atoms with Gasteiger partial charge in [0.1, 0.15) is 17.3 Å². The number of carbonyl (C=O) groups is 1. The molecule has 1 amide bonds. The Bertz CT molecular complexity index is 985. The summed E-state index contributed by atoms with van der Waals surface area (Å²) < 4.78 is 5.64. The summed E-state index contributed by atoms with van der Waals surface area (Å²) in [6, 6.07) is 5.55. The number of phenolic OH excluding ortho intramolecular Hbond substituents is 2. The van der Waals surface area contributed by atoms with Gasteiger partial charge in [-0.05, 0) is 24.6 Å². The highest BCUT2D eigenvalue weighted by molar-refractivity contribution is 5.96. The first-order valence-corrected chi connectivity index (χ1v) is 7.96. The van der Waals surface area contributed by atoms with E-state index < -0.39 is 5.91 Å². The van der Waals surface area contributed by atoms with Gasteiger partial charge in [0.05, 0.1) is 12.1 Å². The maximum Gasteiger partial charge on any atom is 0.255 e. The third-order valence-corrected chi connectivity index (χ3v) is 4.05. The molecule has 0 unspecified atom stereocenters. The van der Waals surface area contributed by atoms with Crippen LogP contribution in [-0.2, 0) is 13.0 Å². The summed E-state index contributed by atoms with van der Waals surface area (Å²) in [6.45, 7) is 0.824. The zero-order valence-corrected chi connectivity index (χ0v) is 13.6. The van der Waals surface area contributed by atoms with Crippen LogP contribution in [0.25, 0.3) is 11.5 Å². The van der Waals surface area contributed by atoms with Gasteiger partial charge >= 0.3 is 0 Å². The first-order valence-electron chi connectivity index (χ1n) is 7.96. The lowest BCUT2D eigenvalue weighted by Gasteiger charge is -2.05. The molecule has 26 heavy (non-hydrogen) atoms. The molecule has 4 rings (SSSR count). The number of rotatable bonds is 4. The van der Waals surface area contributed by atoms with Crippen LogP contribution in [0.15, 0.2) is 34.9 Å². The molecule has 4 N–H and O–H groups in total. The van der Waals surface area contributed by atoms with Crippen LogP contribution in [0, 0.1) is 0 Å². The number of aromatic nitrogens is 3. The van der Waals surface area contributed by atoms with E-state index in [1.807, 2.05) is 6.07 Å². The standard InChI is InChI=1S/C17H15N5O4/c23-9-1-2-12(13(24)7-9)16(25)20-8-14-21-22-17(26-14)11-4-6-19-15-10(11)3-5-18-15/h1-2,4,6-7,23-24H,3,5,8H2,(H,18,19)(H,20,25). The highest BCUT2D eigenvalue weighted by atomic mass is 16.4. The second-order valence-corrected chi connectivity index (χ2v) is 5.75. The van der Waals surface area contributed by atoms with E-state index in [-0.39, 0.29) is 29.5 Å². The number of benzene rings is 1. The third-order valence-electron chi connectivity index (χ3n) is 4.05. The summed E-state index contributed by atoms with van der Waals surface area (Å²) in [4.78, 5) is 16.4. The van der Waals surface area contributed by atoms with Gasteiger partial charge in [-0.25, -0.2) is 4.98 Å². The minimum Gasteiger partial charge on any atom is -0.508 e. The second kappa shape index (κ2) is 6.36. The molecule has 0 radical (unpaired) electrons. The Hall–Kier alpha value is -3.62. The minimum absolute atomic E-state index is 0.0116. The van der Waals surface area contributed by atoms with Crippen molar-refractivity contribution < 1.29 is 19.4 Å². The van der Waals surface area contributed by atoms with E-state index in [1.165, 1.54) is 12.1 Å². The van der Waals surface area contributed by atoms with E-state index in [0.717, 1.165) is 36.0 Å². The summed E-state index contributed by atoms with van der Waals surface area (Å²) in [5.74, 6) is 0.468. The Morgan fingerprint density at radius 2 is 2.15 bits per heavy atom. The third kappa shape index (κ3) is 2.90. The molecule has 0 saturated carbocycles. The van der Waals surface area contributed by atoms with Crippen LogP contribution in [0.5, 0.6) is 11.5 Å². The number of pyridine rings is 1. The number of carbonyl (C=O) groups excluding carboxylic acids is 1. The van der Waals surface area contributed by atoms with Gasteiger partial charge in [0.2, 0.25) is 11.8 Å². The molecule has 1 aromatic carbocycles. The Morgan fingerprint density at radius 3 is 3.00 bits per heavy atom. The Morgan fingerprint density at radius 1 is 1.27 bits per heavy atom. The summed E-state index contributed by atoms with van der Waals surface area (Å²) in [5, 5.41) is 32.7. The average Bonchev–Trinajstić information content (AvgIpc) is 3.28. The van der Waals surface area contributed by atoms with Crippen molar-refractivity contribution in [3.63, 3.8) is 0 Å². The largest absolute Gasteiger partial charge is 0.508 e. The lowest BCUT2D eigenvalue weighted by Crippen LogP contribution is -2.23. The molecule has 0 fully saturated rings. The number of hydrogen-bond donors (Lipinski definition) is 4. The van der Waals surface area contributed by atoms with Crippen molar-refractivity contribution >= 4 is 11.7 Å². The number of hydrogen-bond acceptors (Lipinski definition) is 8. The van der Waals surface area contributed by atoms with Gasteiger partial charge in [-0.15, -0.1) is 10.2 Å². The fraction of sp³-hybridized carbons (Fsp3) is 0.176. The number of aromatic hydroxyl groups is 2. The summed E-state index contributed by atoms with van der Waals surface area (Å²) >= 11 is 0. The number of anilines is 1. The normalized spacial score (nSPS) is 12.5. The monoisotopic (exact) mass is 353 g/mol. The lowest BCUT2D eigenvalue weighted by atomic mass is 10.1. The topological polar surface area (TPSA) is 133 Å². The van der Waals surface area contributed by atoms with Gasteiger partial charge in [0, 0.05) is 29.9 Å². The second-order valence-electron chi connectivity index (χ2n) is 5.75. The van der Waals surface area contributed by atoms with Gasteiger partial charge in [-0.3, -0.25) is 4.79 Å². The maximum absolute atomic E-state index is 12.1. The molecule has 0 spiro atoms. The fourth-order valence-corrected chi connectivity index (χ4v) is 2.80. The molecular formula is C17H15N5O4. The predicted octanol–water partition coefficient (Wildman–Crippen LogP) is 1.44. The van der Waals surface area contributed by atoms with E-state index in [2.05, 4.69) is 25.8 Å². The van der Waals surface area contributed by atoms with Crippen LogP contribution < -0.4 is 10.6 Å². The predicted molar refractivity (Wildman–Crippen MR) is 90.7 cm³/mol. The zero-order chi connectivity index (χ0) is 18.1. The van der Waals surface area contributed by atoms with Crippen LogP contribution in [-0.4, -0.2) is 37.8 Å². The molecule has 0 bridgehead atoms. The zero-order valence-electron chi connectivity index (χ0n) is 13.6. The van der Waals surface area contributed by atoms with E-state index in [0.29, 0.717) is 5.89 Å². The summed E-state index contributed by atoms with van der Waals surface area (Å²) in [7, 11) is 0. The number of nitrogens with zero attached hydrogens (tertiary/aromatic N) is 3. The lowest BCUT2D eigenvalue weighted by molar-refractivity contribution is 0.0944. The minimum atomic E-state index is -0.517. The van der Waals surface area contributed by atoms with Crippen molar-refractivity contribution in [2.75, 3.05) is 11.9 Å². The Labute approximate surface area is 147 Å². The van der Waals surface area contributed by atoms with E-state index in [1.54, 1.807) is 6.20 Å². The van der Waals surface area contributed by atoms with Gasteiger partial charge in [-0.2, -0.15) is 0 Å². The molecule has 3 aromatic rings. The van der Waals surface area contributed by atoms with Gasteiger partial charge in [0.15, 0.2) is 0 Å². The van der Waals surface area contributed by atoms with Crippen molar-refractivity contribution in [2.45, 2.75) is 13.0 Å². The van der Waals surface area contributed by atoms with Crippen molar-refractivity contribution in [1.29, 1.82) is 0 Å². The molecule has 3 heterocycles. The smallest absolute Gasteiger partial charge is 0.255 e. The molecule has 1 aliphatic rings. The van der Waals surface area contributed by atoms with Crippen LogP contribution in [0.3, 0.4) is 0 Å². The van der Waals surface area contributed by atoms with Crippen LogP contribution in [0.4, 0.5) is 5.82 Å². The molecule has 0 saturated heterocycles. The number of nitrogens with one attached hydrogen (secondary N) is 2.